The highest BCUT2D eigenvalue weighted by Gasteiger charge is 2.34. The molecule has 126 valence electrons. The van der Waals surface area contributed by atoms with Gasteiger partial charge in [0.05, 0.1) is 0 Å². The number of thiazole rings is 1. The van der Waals surface area contributed by atoms with Gasteiger partial charge in [-0.1, -0.05) is 0 Å². The first-order chi connectivity index (χ1) is 11.3. The Labute approximate surface area is 141 Å². The number of hydrogen-bond donors (Lipinski definition) is 3. The number of rotatable bonds is 4. The van der Waals surface area contributed by atoms with Gasteiger partial charge in [0.15, 0.2) is 5.13 Å². The summed E-state index contributed by atoms with van der Waals surface area (Å²) in [6.45, 7) is 2.17. The van der Waals surface area contributed by atoms with Crippen molar-refractivity contribution in [2.75, 3.05) is 18.4 Å². The van der Waals surface area contributed by atoms with E-state index in [0.717, 1.165) is 31.1 Å². The fourth-order valence-electron chi connectivity index (χ4n) is 4.41. The number of fused-ring (bicyclic) bond motifs is 2. The van der Waals surface area contributed by atoms with E-state index < -0.39 is 0 Å². The minimum atomic E-state index is 0.141. The number of nitrogens with one attached hydrogen (secondary N) is 3. The summed E-state index contributed by atoms with van der Waals surface area (Å²) in [5.74, 6) is 1.29. The van der Waals surface area contributed by atoms with Crippen molar-refractivity contribution < 1.29 is 4.79 Å². The van der Waals surface area contributed by atoms with Gasteiger partial charge in [-0.15, -0.1) is 11.3 Å². The first kappa shape index (κ1) is 15.5. The van der Waals surface area contributed by atoms with E-state index in [2.05, 4.69) is 20.9 Å². The summed E-state index contributed by atoms with van der Waals surface area (Å²) >= 11 is 1.66. The first-order valence-corrected chi connectivity index (χ1v) is 9.80. The normalized spacial score (nSPS) is 31.2. The van der Waals surface area contributed by atoms with Crippen LogP contribution in [0.3, 0.4) is 0 Å². The molecule has 0 aliphatic carbocycles. The largest absolute Gasteiger partial charge is 0.317 e. The number of carbonyl (C=O) groups excluding carboxylic acids is 1. The lowest BCUT2D eigenvalue weighted by atomic mass is 9.89. The van der Waals surface area contributed by atoms with E-state index in [4.69, 9.17) is 0 Å². The molecule has 3 atom stereocenters. The molecule has 3 fully saturated rings. The van der Waals surface area contributed by atoms with E-state index in [1.54, 1.807) is 11.3 Å². The molecule has 1 aromatic heterocycles. The van der Waals surface area contributed by atoms with Crippen LogP contribution < -0.4 is 16.0 Å². The predicted octanol–water partition coefficient (Wildman–Crippen LogP) is 2.47. The van der Waals surface area contributed by atoms with Crippen molar-refractivity contribution in [3.8, 4) is 0 Å². The Morgan fingerprint density at radius 3 is 2.70 bits per heavy atom. The molecule has 5 nitrogen and oxygen atoms in total. The van der Waals surface area contributed by atoms with Gasteiger partial charge in [0.2, 0.25) is 5.91 Å². The molecule has 0 saturated carbocycles. The van der Waals surface area contributed by atoms with Crippen molar-refractivity contribution >= 4 is 22.4 Å². The van der Waals surface area contributed by atoms with Crippen LogP contribution in [0.5, 0.6) is 0 Å². The number of anilines is 1. The third-order valence-electron chi connectivity index (χ3n) is 5.56. The van der Waals surface area contributed by atoms with Crippen molar-refractivity contribution in [2.45, 2.75) is 62.9 Å². The van der Waals surface area contributed by atoms with Crippen LogP contribution in [-0.4, -0.2) is 36.1 Å². The summed E-state index contributed by atoms with van der Waals surface area (Å²) in [4.78, 5) is 18.1. The van der Waals surface area contributed by atoms with Crippen molar-refractivity contribution in [1.29, 1.82) is 0 Å². The highest BCUT2D eigenvalue weighted by atomic mass is 32.1. The lowest BCUT2D eigenvalue weighted by molar-refractivity contribution is -0.117. The topological polar surface area (TPSA) is 66.0 Å². The molecule has 3 aliphatic rings. The zero-order chi connectivity index (χ0) is 15.6. The molecule has 3 saturated heterocycles. The fourth-order valence-corrected chi connectivity index (χ4v) is 5.42. The maximum Gasteiger partial charge on any atom is 0.226 e. The van der Waals surface area contributed by atoms with Crippen molar-refractivity contribution in [1.82, 2.24) is 15.6 Å². The van der Waals surface area contributed by atoms with Crippen LogP contribution >= 0.6 is 11.3 Å². The molecular weight excluding hydrogens is 308 g/mol. The van der Waals surface area contributed by atoms with Gasteiger partial charge < -0.3 is 16.0 Å². The second-order valence-electron chi connectivity index (χ2n) is 7.32. The van der Waals surface area contributed by atoms with Gasteiger partial charge in [0, 0.05) is 29.6 Å². The third kappa shape index (κ3) is 3.75. The lowest BCUT2D eigenvalue weighted by Gasteiger charge is -2.28. The highest BCUT2D eigenvalue weighted by molar-refractivity contribution is 7.15. The predicted molar refractivity (Wildman–Crippen MR) is 92.9 cm³/mol. The Kier molecular flexibility index (Phi) is 4.64. The van der Waals surface area contributed by atoms with Crippen LogP contribution in [0.4, 0.5) is 5.13 Å². The SMILES string of the molecule is O=C(CC1C[C@H]2CC[C@@H](C1)N2)Nc1ncc(C2CCNCC2)s1. The standard InChI is InChI=1S/C17H26N4OS/c22-16(9-11-7-13-1-2-14(8-11)20-13)21-17-19-10-15(23-17)12-3-5-18-6-4-12/h10-14,18,20H,1-9H2,(H,19,21,22)/t11?,13-,14+. The Balaban J connectivity index is 1.29. The second-order valence-corrected chi connectivity index (χ2v) is 8.38. The van der Waals surface area contributed by atoms with Gasteiger partial charge in [-0.05, 0) is 63.5 Å². The molecule has 3 aliphatic heterocycles. The molecule has 2 bridgehead atoms. The zero-order valence-electron chi connectivity index (χ0n) is 13.5. The van der Waals surface area contributed by atoms with Crippen LogP contribution in [0.2, 0.25) is 0 Å². The van der Waals surface area contributed by atoms with Crippen molar-refractivity contribution in [2.24, 2.45) is 5.92 Å². The molecule has 6 heteroatoms. The third-order valence-corrected chi connectivity index (χ3v) is 6.63. The van der Waals surface area contributed by atoms with Gasteiger partial charge in [0.25, 0.3) is 0 Å². The minimum Gasteiger partial charge on any atom is -0.317 e. The van der Waals surface area contributed by atoms with Crippen LogP contribution in [-0.2, 0) is 4.79 Å². The summed E-state index contributed by atoms with van der Waals surface area (Å²) in [7, 11) is 0. The number of amides is 1. The molecule has 0 spiro atoms. The molecule has 3 N–H and O–H groups in total. The van der Waals surface area contributed by atoms with E-state index in [1.807, 2.05) is 6.20 Å². The Hall–Kier alpha value is -0.980. The smallest absolute Gasteiger partial charge is 0.226 e. The van der Waals surface area contributed by atoms with Gasteiger partial charge in [0.1, 0.15) is 0 Å². The van der Waals surface area contributed by atoms with Gasteiger partial charge in [-0.2, -0.15) is 0 Å². The molecule has 1 amide bonds. The number of hydrogen-bond acceptors (Lipinski definition) is 5. The van der Waals surface area contributed by atoms with Crippen LogP contribution in [0.15, 0.2) is 6.20 Å². The van der Waals surface area contributed by atoms with Crippen LogP contribution in [0, 0.1) is 5.92 Å². The first-order valence-electron chi connectivity index (χ1n) is 8.98. The maximum absolute atomic E-state index is 12.3. The number of carbonyl (C=O) groups is 1. The Morgan fingerprint density at radius 2 is 1.96 bits per heavy atom. The quantitative estimate of drug-likeness (QED) is 0.791. The average molecular weight is 334 g/mol. The number of aromatic nitrogens is 1. The van der Waals surface area contributed by atoms with Crippen LogP contribution in [0.25, 0.3) is 0 Å². The molecular formula is C17H26N4OS. The van der Waals surface area contributed by atoms with E-state index in [0.29, 0.717) is 30.3 Å². The van der Waals surface area contributed by atoms with Gasteiger partial charge in [-0.25, -0.2) is 4.98 Å². The minimum absolute atomic E-state index is 0.141. The molecule has 23 heavy (non-hydrogen) atoms. The molecule has 0 radical (unpaired) electrons. The van der Waals surface area contributed by atoms with E-state index in [-0.39, 0.29) is 5.91 Å². The monoisotopic (exact) mass is 334 g/mol. The number of piperidine rings is 2. The second kappa shape index (κ2) is 6.87. The summed E-state index contributed by atoms with van der Waals surface area (Å²) in [6, 6.07) is 1.30. The van der Waals surface area contributed by atoms with Crippen LogP contribution in [0.1, 0.15) is 55.7 Å². The average Bonchev–Trinajstić information content (AvgIpc) is 3.15. The van der Waals surface area contributed by atoms with Gasteiger partial charge in [-0.3, -0.25) is 4.79 Å². The van der Waals surface area contributed by atoms with E-state index >= 15 is 0 Å². The zero-order valence-corrected chi connectivity index (χ0v) is 14.3. The molecule has 0 aromatic carbocycles. The molecule has 4 heterocycles. The molecule has 1 aromatic rings. The van der Waals surface area contributed by atoms with E-state index in [9.17, 15) is 4.79 Å². The summed E-state index contributed by atoms with van der Waals surface area (Å²) in [5, 5.41) is 10.8. The van der Waals surface area contributed by atoms with Gasteiger partial charge >= 0.3 is 0 Å². The molecule has 1 unspecified atom stereocenters. The highest BCUT2D eigenvalue weighted by Crippen LogP contribution is 2.34. The molecule has 4 rings (SSSR count). The Morgan fingerprint density at radius 1 is 1.22 bits per heavy atom. The van der Waals surface area contributed by atoms with Crippen molar-refractivity contribution in [3.05, 3.63) is 11.1 Å². The summed E-state index contributed by atoms with van der Waals surface area (Å²) < 4.78 is 0. The maximum atomic E-state index is 12.3. The van der Waals surface area contributed by atoms with Crippen molar-refractivity contribution in [3.63, 3.8) is 0 Å². The number of nitrogens with zero attached hydrogens (tertiary/aromatic N) is 1. The Bertz CT molecular complexity index is 543. The van der Waals surface area contributed by atoms with E-state index in [1.165, 1.54) is 30.6 Å². The lowest BCUT2D eigenvalue weighted by Crippen LogP contribution is -2.39. The fraction of sp³-hybridized carbons (Fsp3) is 0.765. The summed E-state index contributed by atoms with van der Waals surface area (Å²) in [6.07, 6.45) is 9.84. The summed E-state index contributed by atoms with van der Waals surface area (Å²) in [5.41, 5.74) is 0.